The lowest BCUT2D eigenvalue weighted by molar-refractivity contribution is -0.143. The second-order valence-electron chi connectivity index (χ2n) is 10.0. The van der Waals surface area contributed by atoms with Gasteiger partial charge in [0.05, 0.1) is 0 Å². The molecule has 3 amide bonds. The van der Waals surface area contributed by atoms with Crippen LogP contribution >= 0.6 is 12.4 Å². The standard InChI is InChI=1S/C25H39N3O7.ClH/c1-8-15(4)20(23(32)33)27-21(30)18(13-16-9-11-17(29)12-10-16)26-22(31)19(14(2)3)28-24(34)35-25(5,6)7;/h9-12,14-15,18-20,29H,8,13H2,1-7H3,(H,26,31)(H,27,30)(H,28,34)(H,32,33);1H/t15-,18-,19?,20-;/m0./s1. The van der Waals surface area contributed by atoms with Crippen molar-refractivity contribution in [2.75, 3.05) is 0 Å². The molecule has 0 heterocycles. The molecule has 1 aromatic rings. The number of hydrogen-bond donors (Lipinski definition) is 5. The fraction of sp³-hybridized carbons (Fsp3) is 0.600. The van der Waals surface area contributed by atoms with Crippen molar-refractivity contribution in [2.45, 2.75) is 85.0 Å². The zero-order chi connectivity index (χ0) is 26.9. The highest BCUT2D eigenvalue weighted by Gasteiger charge is 2.33. The number of carbonyl (C=O) groups is 4. The fourth-order valence-corrected chi connectivity index (χ4v) is 3.24. The molecule has 0 aliphatic heterocycles. The van der Waals surface area contributed by atoms with Gasteiger partial charge in [-0.2, -0.15) is 0 Å². The zero-order valence-electron chi connectivity index (χ0n) is 22.0. The van der Waals surface area contributed by atoms with E-state index in [1.165, 1.54) is 12.1 Å². The molecule has 0 saturated heterocycles. The van der Waals surface area contributed by atoms with Gasteiger partial charge in [-0.05, 0) is 50.3 Å². The summed E-state index contributed by atoms with van der Waals surface area (Å²) >= 11 is 0. The van der Waals surface area contributed by atoms with E-state index in [2.05, 4.69) is 16.0 Å². The first-order valence-corrected chi connectivity index (χ1v) is 11.8. The molecule has 0 aliphatic rings. The Labute approximate surface area is 219 Å². The van der Waals surface area contributed by atoms with Gasteiger partial charge in [0.15, 0.2) is 0 Å². The Hall–Kier alpha value is -3.01. The number of nitrogens with one attached hydrogen (secondary N) is 3. The van der Waals surface area contributed by atoms with Gasteiger partial charge in [0.25, 0.3) is 0 Å². The third-order valence-corrected chi connectivity index (χ3v) is 5.41. The minimum Gasteiger partial charge on any atom is -0.508 e. The van der Waals surface area contributed by atoms with Crippen LogP contribution in [-0.4, -0.2) is 57.8 Å². The Morgan fingerprint density at radius 3 is 1.92 bits per heavy atom. The molecule has 36 heavy (non-hydrogen) atoms. The van der Waals surface area contributed by atoms with Crippen molar-refractivity contribution < 1.29 is 34.1 Å². The van der Waals surface area contributed by atoms with Crippen LogP contribution in [0.5, 0.6) is 5.75 Å². The number of rotatable bonds is 11. The van der Waals surface area contributed by atoms with E-state index in [1.54, 1.807) is 53.7 Å². The fourth-order valence-electron chi connectivity index (χ4n) is 3.24. The van der Waals surface area contributed by atoms with E-state index in [4.69, 9.17) is 4.74 Å². The molecule has 1 rings (SSSR count). The molecule has 0 saturated carbocycles. The number of carboxylic acids is 1. The van der Waals surface area contributed by atoms with Crippen LogP contribution in [0, 0.1) is 11.8 Å². The lowest BCUT2D eigenvalue weighted by atomic mass is 9.97. The monoisotopic (exact) mass is 529 g/mol. The maximum absolute atomic E-state index is 13.1. The van der Waals surface area contributed by atoms with E-state index in [0.717, 1.165) is 0 Å². The van der Waals surface area contributed by atoms with Crippen LogP contribution in [0.2, 0.25) is 0 Å². The van der Waals surface area contributed by atoms with E-state index in [9.17, 15) is 29.4 Å². The summed E-state index contributed by atoms with van der Waals surface area (Å²) in [7, 11) is 0. The number of phenols is 1. The van der Waals surface area contributed by atoms with Crippen LogP contribution in [0.15, 0.2) is 24.3 Å². The number of halogens is 1. The number of aliphatic carboxylic acids is 1. The average Bonchev–Trinajstić information content (AvgIpc) is 2.74. The minimum atomic E-state index is -1.17. The van der Waals surface area contributed by atoms with Crippen LogP contribution in [0.3, 0.4) is 0 Å². The lowest BCUT2D eigenvalue weighted by Gasteiger charge is -2.28. The predicted octanol–water partition coefficient (Wildman–Crippen LogP) is 3.01. The van der Waals surface area contributed by atoms with Crippen molar-refractivity contribution in [3.63, 3.8) is 0 Å². The van der Waals surface area contributed by atoms with Crippen molar-refractivity contribution in [3.8, 4) is 5.75 Å². The number of alkyl carbamates (subject to hydrolysis) is 1. The van der Waals surface area contributed by atoms with Crippen molar-refractivity contribution in [2.24, 2.45) is 11.8 Å². The molecule has 5 N–H and O–H groups in total. The second kappa shape index (κ2) is 14.5. The van der Waals surface area contributed by atoms with Gasteiger partial charge in [-0.25, -0.2) is 9.59 Å². The molecule has 0 fully saturated rings. The van der Waals surface area contributed by atoms with E-state index < -0.39 is 47.6 Å². The summed E-state index contributed by atoms with van der Waals surface area (Å²) < 4.78 is 5.25. The lowest BCUT2D eigenvalue weighted by Crippen LogP contribution is -2.58. The smallest absolute Gasteiger partial charge is 0.408 e. The van der Waals surface area contributed by atoms with Gasteiger partial charge in [0, 0.05) is 6.42 Å². The Morgan fingerprint density at radius 2 is 1.47 bits per heavy atom. The van der Waals surface area contributed by atoms with Crippen molar-refractivity contribution in [1.29, 1.82) is 0 Å². The highest BCUT2D eigenvalue weighted by Crippen LogP contribution is 2.14. The van der Waals surface area contributed by atoms with Crippen molar-refractivity contribution in [1.82, 2.24) is 16.0 Å². The molecule has 0 radical (unpaired) electrons. The van der Waals surface area contributed by atoms with E-state index in [0.29, 0.717) is 12.0 Å². The maximum Gasteiger partial charge on any atom is 0.408 e. The number of carboxylic acid groups (broad SMARTS) is 1. The topological polar surface area (TPSA) is 154 Å². The van der Waals surface area contributed by atoms with Gasteiger partial charge in [0.2, 0.25) is 11.8 Å². The number of hydrogen-bond acceptors (Lipinski definition) is 6. The molecular weight excluding hydrogens is 490 g/mol. The summed E-state index contributed by atoms with van der Waals surface area (Å²) in [6.45, 7) is 12.1. The van der Waals surface area contributed by atoms with Gasteiger partial charge in [-0.15, -0.1) is 12.4 Å². The zero-order valence-corrected chi connectivity index (χ0v) is 22.8. The first-order chi connectivity index (χ1) is 16.1. The molecule has 10 nitrogen and oxygen atoms in total. The number of ether oxygens (including phenoxy) is 1. The summed E-state index contributed by atoms with van der Waals surface area (Å²) in [5, 5.41) is 26.8. The molecule has 11 heteroatoms. The van der Waals surface area contributed by atoms with E-state index in [1.807, 2.05) is 6.92 Å². The molecule has 1 unspecified atom stereocenters. The normalized spacial score (nSPS) is 14.4. The molecular formula is C25H40ClN3O7. The van der Waals surface area contributed by atoms with Gasteiger partial charge >= 0.3 is 12.1 Å². The second-order valence-corrected chi connectivity index (χ2v) is 10.0. The third kappa shape index (κ3) is 11.2. The molecule has 204 valence electrons. The quantitative estimate of drug-likeness (QED) is 0.295. The summed E-state index contributed by atoms with van der Waals surface area (Å²) in [6, 6.07) is 2.85. The van der Waals surface area contributed by atoms with Crippen LogP contribution < -0.4 is 16.0 Å². The average molecular weight is 530 g/mol. The molecule has 4 atom stereocenters. The Bertz CT molecular complexity index is 885. The van der Waals surface area contributed by atoms with Crippen molar-refractivity contribution in [3.05, 3.63) is 29.8 Å². The predicted molar refractivity (Wildman–Crippen MR) is 138 cm³/mol. The Morgan fingerprint density at radius 1 is 0.917 bits per heavy atom. The van der Waals surface area contributed by atoms with Gasteiger partial charge in [-0.3, -0.25) is 9.59 Å². The van der Waals surface area contributed by atoms with Crippen LogP contribution in [-0.2, 0) is 25.5 Å². The number of phenolic OH excluding ortho intramolecular Hbond substituents is 1. The minimum absolute atomic E-state index is 0. The van der Waals surface area contributed by atoms with Gasteiger partial charge in [-0.1, -0.05) is 46.2 Å². The molecule has 0 aromatic heterocycles. The Kier molecular flexibility index (Phi) is 13.3. The number of aromatic hydroxyl groups is 1. The molecule has 0 aliphatic carbocycles. The summed E-state index contributed by atoms with van der Waals surface area (Å²) in [4.78, 5) is 50.3. The first kappa shape index (κ1) is 33.0. The highest BCUT2D eigenvalue weighted by molar-refractivity contribution is 5.93. The summed E-state index contributed by atoms with van der Waals surface area (Å²) in [5.74, 6) is -3.07. The van der Waals surface area contributed by atoms with Crippen LogP contribution in [0.1, 0.15) is 60.5 Å². The third-order valence-electron chi connectivity index (χ3n) is 5.41. The first-order valence-electron chi connectivity index (χ1n) is 11.8. The van der Waals surface area contributed by atoms with Crippen LogP contribution in [0.4, 0.5) is 4.79 Å². The van der Waals surface area contributed by atoms with Gasteiger partial charge < -0.3 is 30.9 Å². The number of carbonyl (C=O) groups excluding carboxylic acids is 3. The van der Waals surface area contributed by atoms with Gasteiger partial charge in [0.1, 0.15) is 29.5 Å². The summed E-state index contributed by atoms with van der Waals surface area (Å²) in [5.41, 5.74) is -0.120. The largest absolute Gasteiger partial charge is 0.508 e. The molecule has 0 spiro atoms. The van der Waals surface area contributed by atoms with E-state index in [-0.39, 0.29) is 36.4 Å². The maximum atomic E-state index is 13.1. The number of benzene rings is 1. The SMILES string of the molecule is CC[C@H](C)[C@H](NC(=O)[C@H](Cc1ccc(O)cc1)NC(=O)C(NC(=O)OC(C)(C)C)C(C)C)C(=O)O.Cl. The summed E-state index contributed by atoms with van der Waals surface area (Å²) in [6.07, 6.45) is -0.197. The van der Waals surface area contributed by atoms with Crippen LogP contribution in [0.25, 0.3) is 0 Å². The number of amides is 3. The van der Waals surface area contributed by atoms with E-state index >= 15 is 0 Å². The highest BCUT2D eigenvalue weighted by atomic mass is 35.5. The molecule has 0 bridgehead atoms. The Balaban J connectivity index is 0.0000122. The molecule has 1 aromatic carbocycles. The van der Waals surface area contributed by atoms with Crippen molar-refractivity contribution >= 4 is 36.3 Å².